The second kappa shape index (κ2) is 5.22. The topological polar surface area (TPSA) is 80.0 Å². The van der Waals surface area contributed by atoms with Crippen molar-refractivity contribution in [2.24, 2.45) is 0 Å². The van der Waals surface area contributed by atoms with E-state index in [0.29, 0.717) is 13.1 Å². The van der Waals surface area contributed by atoms with E-state index < -0.39 is 5.97 Å². The van der Waals surface area contributed by atoms with Gasteiger partial charge in [-0.3, -0.25) is 4.79 Å². The Morgan fingerprint density at radius 3 is 2.78 bits per heavy atom. The molecule has 98 valence electrons. The average molecular weight is 253 g/mol. The molecule has 1 N–H and O–H groups in total. The Bertz CT molecular complexity index is 453. The molecule has 1 amide bonds. The van der Waals surface area contributed by atoms with E-state index in [9.17, 15) is 9.59 Å². The number of likely N-dealkylation sites (tertiary alicyclic amines) is 1. The van der Waals surface area contributed by atoms with Crippen LogP contribution in [-0.4, -0.2) is 48.2 Å². The van der Waals surface area contributed by atoms with E-state index in [1.54, 1.807) is 12.0 Å². The molecule has 6 heteroatoms. The molecule has 0 aromatic carbocycles. The summed E-state index contributed by atoms with van der Waals surface area (Å²) in [5.74, 6) is -1.63. The minimum absolute atomic E-state index is 0.0385. The second-order valence-corrected chi connectivity index (χ2v) is 4.22. The number of methoxy groups -OCH3 is 1. The van der Waals surface area contributed by atoms with E-state index in [1.165, 1.54) is 12.1 Å². The highest BCUT2D eigenvalue weighted by molar-refractivity contribution is 5.93. The summed E-state index contributed by atoms with van der Waals surface area (Å²) < 4.78 is 10.2. The number of rotatable bonds is 3. The molecule has 0 bridgehead atoms. The van der Waals surface area contributed by atoms with Crippen molar-refractivity contribution < 1.29 is 23.8 Å². The number of carboxylic acid groups (broad SMARTS) is 1. The van der Waals surface area contributed by atoms with Crippen LogP contribution in [0.15, 0.2) is 16.5 Å². The Balaban J connectivity index is 2.07. The maximum atomic E-state index is 12.1. The maximum absolute atomic E-state index is 12.1. The lowest BCUT2D eigenvalue weighted by Crippen LogP contribution is -2.42. The van der Waals surface area contributed by atoms with Gasteiger partial charge in [-0.2, -0.15) is 0 Å². The fourth-order valence-corrected chi connectivity index (χ4v) is 2.04. The van der Waals surface area contributed by atoms with Crippen molar-refractivity contribution in [3.05, 3.63) is 23.7 Å². The lowest BCUT2D eigenvalue weighted by Gasteiger charge is -2.31. The Morgan fingerprint density at radius 2 is 2.17 bits per heavy atom. The minimum atomic E-state index is -1.18. The van der Waals surface area contributed by atoms with Gasteiger partial charge in [0, 0.05) is 20.2 Å². The van der Waals surface area contributed by atoms with E-state index in [4.69, 9.17) is 14.3 Å². The standard InChI is InChI=1S/C12H15NO5/c1-17-8-3-2-6-13(7-8)11(14)9-4-5-10(18-9)12(15)16/h4-5,8H,2-3,6-7H2,1H3,(H,15,16). The van der Waals surface area contributed by atoms with Crippen molar-refractivity contribution in [1.82, 2.24) is 4.90 Å². The molecule has 18 heavy (non-hydrogen) atoms. The number of carbonyl (C=O) groups excluding carboxylic acids is 1. The van der Waals surface area contributed by atoms with Crippen LogP contribution < -0.4 is 0 Å². The highest BCUT2D eigenvalue weighted by Crippen LogP contribution is 2.17. The van der Waals surface area contributed by atoms with Gasteiger partial charge in [-0.05, 0) is 25.0 Å². The molecular weight excluding hydrogens is 238 g/mol. The molecule has 1 aromatic heterocycles. The van der Waals surface area contributed by atoms with Gasteiger partial charge >= 0.3 is 5.97 Å². The van der Waals surface area contributed by atoms with Crippen LogP contribution in [0.4, 0.5) is 0 Å². The molecule has 1 saturated heterocycles. The van der Waals surface area contributed by atoms with Gasteiger partial charge in [0.15, 0.2) is 5.76 Å². The van der Waals surface area contributed by atoms with E-state index in [0.717, 1.165) is 12.8 Å². The summed E-state index contributed by atoms with van der Waals surface area (Å²) in [7, 11) is 1.62. The van der Waals surface area contributed by atoms with E-state index in [2.05, 4.69) is 0 Å². The fourth-order valence-electron chi connectivity index (χ4n) is 2.04. The van der Waals surface area contributed by atoms with Crippen LogP contribution in [0.1, 0.15) is 34.0 Å². The largest absolute Gasteiger partial charge is 0.475 e. The number of hydrogen-bond acceptors (Lipinski definition) is 4. The van der Waals surface area contributed by atoms with Crippen LogP contribution in [0.3, 0.4) is 0 Å². The van der Waals surface area contributed by atoms with Gasteiger partial charge < -0.3 is 19.2 Å². The van der Waals surface area contributed by atoms with Gasteiger partial charge in [0.2, 0.25) is 5.76 Å². The van der Waals surface area contributed by atoms with Crippen LogP contribution in [0.5, 0.6) is 0 Å². The maximum Gasteiger partial charge on any atom is 0.371 e. The summed E-state index contributed by atoms with van der Waals surface area (Å²) in [6.45, 7) is 1.15. The van der Waals surface area contributed by atoms with Crippen LogP contribution >= 0.6 is 0 Å². The number of carbonyl (C=O) groups is 2. The van der Waals surface area contributed by atoms with E-state index in [1.807, 2.05) is 0 Å². The number of carboxylic acids is 1. The molecule has 1 fully saturated rings. The molecule has 2 rings (SSSR count). The summed E-state index contributed by atoms with van der Waals surface area (Å²) in [6, 6.07) is 2.68. The fraction of sp³-hybridized carbons (Fsp3) is 0.500. The van der Waals surface area contributed by atoms with Crippen molar-refractivity contribution in [3.8, 4) is 0 Å². The zero-order valence-corrected chi connectivity index (χ0v) is 10.1. The van der Waals surface area contributed by atoms with Gasteiger partial charge in [0.25, 0.3) is 5.91 Å². The first kappa shape index (κ1) is 12.6. The number of ether oxygens (including phenoxy) is 1. The molecule has 1 atom stereocenters. The zero-order chi connectivity index (χ0) is 13.1. The summed E-state index contributed by atoms with van der Waals surface area (Å²) in [5, 5.41) is 8.73. The SMILES string of the molecule is COC1CCCN(C(=O)c2ccc(C(=O)O)o2)C1. The molecule has 1 aromatic rings. The van der Waals surface area contributed by atoms with Crippen molar-refractivity contribution in [3.63, 3.8) is 0 Å². The number of aromatic carboxylic acids is 1. The molecule has 0 saturated carbocycles. The molecule has 1 aliphatic rings. The molecule has 2 heterocycles. The van der Waals surface area contributed by atoms with E-state index >= 15 is 0 Å². The molecule has 0 spiro atoms. The quantitative estimate of drug-likeness (QED) is 0.876. The number of amides is 1. The number of piperidine rings is 1. The lowest BCUT2D eigenvalue weighted by atomic mass is 10.1. The predicted molar refractivity (Wildman–Crippen MR) is 61.6 cm³/mol. The minimum Gasteiger partial charge on any atom is -0.475 e. The van der Waals surface area contributed by atoms with Crippen molar-refractivity contribution in [1.29, 1.82) is 0 Å². The number of nitrogens with zero attached hydrogens (tertiary/aromatic N) is 1. The zero-order valence-electron chi connectivity index (χ0n) is 10.1. The lowest BCUT2D eigenvalue weighted by molar-refractivity contribution is 0.0251. The monoisotopic (exact) mass is 253 g/mol. The van der Waals surface area contributed by atoms with Gasteiger partial charge in [-0.25, -0.2) is 4.79 Å². The number of hydrogen-bond donors (Lipinski definition) is 1. The summed E-state index contributed by atoms with van der Waals surface area (Å²) in [5.41, 5.74) is 0. The molecule has 1 aliphatic heterocycles. The van der Waals surface area contributed by atoms with Crippen LogP contribution in [0.25, 0.3) is 0 Å². The predicted octanol–water partition coefficient (Wildman–Crippen LogP) is 1.23. The van der Waals surface area contributed by atoms with Crippen LogP contribution in [-0.2, 0) is 4.74 Å². The first-order valence-electron chi connectivity index (χ1n) is 5.77. The summed E-state index contributed by atoms with van der Waals surface area (Å²) in [4.78, 5) is 24.4. The Morgan fingerprint density at radius 1 is 1.44 bits per heavy atom. The molecule has 0 radical (unpaired) electrons. The normalized spacial score (nSPS) is 19.8. The second-order valence-electron chi connectivity index (χ2n) is 4.22. The smallest absolute Gasteiger partial charge is 0.371 e. The highest BCUT2D eigenvalue weighted by Gasteiger charge is 2.26. The molecule has 1 unspecified atom stereocenters. The van der Waals surface area contributed by atoms with Gasteiger partial charge in [-0.15, -0.1) is 0 Å². The third-order valence-electron chi connectivity index (χ3n) is 3.03. The average Bonchev–Trinajstić information content (AvgIpc) is 2.87. The first-order valence-corrected chi connectivity index (χ1v) is 5.77. The molecule has 0 aliphatic carbocycles. The third-order valence-corrected chi connectivity index (χ3v) is 3.03. The van der Waals surface area contributed by atoms with E-state index in [-0.39, 0.29) is 23.5 Å². The highest BCUT2D eigenvalue weighted by atomic mass is 16.5. The van der Waals surface area contributed by atoms with Gasteiger partial charge in [-0.1, -0.05) is 0 Å². The summed E-state index contributed by atoms with van der Waals surface area (Å²) in [6.07, 6.45) is 1.84. The molecular formula is C12H15NO5. The van der Waals surface area contributed by atoms with Crippen molar-refractivity contribution >= 4 is 11.9 Å². The first-order chi connectivity index (χ1) is 8.61. The van der Waals surface area contributed by atoms with Gasteiger partial charge in [0.1, 0.15) is 0 Å². The van der Waals surface area contributed by atoms with Gasteiger partial charge in [0.05, 0.1) is 6.10 Å². The summed E-state index contributed by atoms with van der Waals surface area (Å²) >= 11 is 0. The third kappa shape index (κ3) is 2.53. The van der Waals surface area contributed by atoms with Crippen molar-refractivity contribution in [2.45, 2.75) is 18.9 Å². The van der Waals surface area contributed by atoms with Crippen molar-refractivity contribution in [2.75, 3.05) is 20.2 Å². The van der Waals surface area contributed by atoms with Crippen LogP contribution in [0, 0.1) is 0 Å². The Labute approximate surface area is 104 Å². The number of furan rings is 1. The Hall–Kier alpha value is -1.82. The Kier molecular flexibility index (Phi) is 3.66. The molecule has 6 nitrogen and oxygen atoms in total. The van der Waals surface area contributed by atoms with Crippen LogP contribution in [0.2, 0.25) is 0 Å².